The lowest BCUT2D eigenvalue weighted by Gasteiger charge is -2.39. The number of amides is 1. The van der Waals surface area contributed by atoms with Gasteiger partial charge >= 0.3 is 0 Å². The van der Waals surface area contributed by atoms with Crippen LogP contribution in [0.5, 0.6) is 0 Å². The van der Waals surface area contributed by atoms with E-state index in [-0.39, 0.29) is 11.8 Å². The summed E-state index contributed by atoms with van der Waals surface area (Å²) in [5.41, 5.74) is -0.578. The molecule has 1 radical (unpaired) electrons. The van der Waals surface area contributed by atoms with Crippen molar-refractivity contribution < 1.29 is 9.90 Å². The van der Waals surface area contributed by atoms with E-state index in [9.17, 15) is 9.90 Å². The lowest BCUT2D eigenvalue weighted by molar-refractivity contribution is -0.159. The Labute approximate surface area is 127 Å². The molecule has 2 aliphatic rings. The summed E-state index contributed by atoms with van der Waals surface area (Å²) in [6.07, 6.45) is 8.19. The van der Waals surface area contributed by atoms with Gasteiger partial charge in [-0.2, -0.15) is 0 Å². The molecule has 3 rings (SSSR count). The number of hydrogen-bond donors (Lipinski definition) is 1. The molecule has 3 nitrogen and oxygen atoms in total. The van der Waals surface area contributed by atoms with Crippen molar-refractivity contribution in [1.29, 1.82) is 0 Å². The first kappa shape index (κ1) is 14.6. The van der Waals surface area contributed by atoms with Gasteiger partial charge in [0.15, 0.2) is 5.60 Å². The van der Waals surface area contributed by atoms with Crippen LogP contribution < -0.4 is 0 Å². The van der Waals surface area contributed by atoms with E-state index >= 15 is 0 Å². The molecule has 21 heavy (non-hydrogen) atoms. The highest BCUT2D eigenvalue weighted by Crippen LogP contribution is 2.42. The maximum absolute atomic E-state index is 13.1. The summed E-state index contributed by atoms with van der Waals surface area (Å²) in [6.45, 7) is 1.47. The largest absolute Gasteiger partial charge is 0.375 e. The van der Waals surface area contributed by atoms with Crippen LogP contribution in [-0.2, 0) is 10.4 Å². The number of piperidine rings is 1. The van der Waals surface area contributed by atoms with Gasteiger partial charge in [0.25, 0.3) is 5.91 Å². The predicted octanol–water partition coefficient (Wildman–Crippen LogP) is 2.89. The van der Waals surface area contributed by atoms with Gasteiger partial charge in [-0.3, -0.25) is 4.79 Å². The van der Waals surface area contributed by atoms with Crippen LogP contribution in [0.25, 0.3) is 0 Å². The summed E-state index contributed by atoms with van der Waals surface area (Å²) >= 11 is 0. The number of likely N-dealkylation sites (tertiary alicyclic amines) is 1. The zero-order chi connectivity index (χ0) is 14.7. The Morgan fingerprint density at radius 1 is 1.10 bits per heavy atom. The summed E-state index contributed by atoms with van der Waals surface area (Å²) in [4.78, 5) is 14.9. The zero-order valence-electron chi connectivity index (χ0n) is 12.5. The first-order chi connectivity index (χ1) is 10.2. The Bertz CT molecular complexity index is 475. The van der Waals surface area contributed by atoms with Crippen LogP contribution in [0.1, 0.15) is 44.1 Å². The molecule has 1 saturated heterocycles. The van der Waals surface area contributed by atoms with Crippen molar-refractivity contribution in [3.05, 3.63) is 42.3 Å². The van der Waals surface area contributed by atoms with Gasteiger partial charge in [-0.25, -0.2) is 0 Å². The normalized spacial score (nSPS) is 23.0. The number of hydrogen-bond acceptors (Lipinski definition) is 2. The molecule has 1 heterocycles. The summed E-state index contributed by atoms with van der Waals surface area (Å²) in [5.74, 6) is -0.0352. The molecule has 1 aromatic carbocycles. The summed E-state index contributed by atoms with van der Waals surface area (Å²) in [5, 5.41) is 11.4. The van der Waals surface area contributed by atoms with Crippen LogP contribution >= 0.6 is 0 Å². The molecule has 0 bridgehead atoms. The molecule has 1 aliphatic carbocycles. The van der Waals surface area contributed by atoms with E-state index in [1.54, 1.807) is 0 Å². The molecular formula is C18H24NO2. The molecule has 1 atom stereocenters. The van der Waals surface area contributed by atoms with E-state index in [2.05, 4.69) is 6.42 Å². The Balaban J connectivity index is 1.93. The monoisotopic (exact) mass is 286 g/mol. The standard InChI is InChI=1S/C18H24NO2/c20-17(19-13-7-2-8-14-19)18(21,16-11-5-6-12-16)15-9-3-1-4-10-15/h1-4,9-10,16,21H,5-8,11-14H2. The van der Waals surface area contributed by atoms with E-state index in [0.29, 0.717) is 0 Å². The van der Waals surface area contributed by atoms with E-state index in [0.717, 1.165) is 57.2 Å². The number of aliphatic hydroxyl groups is 1. The minimum atomic E-state index is -1.34. The minimum Gasteiger partial charge on any atom is -0.375 e. The fourth-order valence-corrected chi connectivity index (χ4v) is 3.76. The second-order valence-corrected chi connectivity index (χ2v) is 6.27. The van der Waals surface area contributed by atoms with Gasteiger partial charge in [0.05, 0.1) is 0 Å². The fourth-order valence-electron chi connectivity index (χ4n) is 3.76. The van der Waals surface area contributed by atoms with E-state index in [4.69, 9.17) is 0 Å². The number of nitrogens with zero attached hydrogens (tertiary/aromatic N) is 1. The maximum atomic E-state index is 13.1. The van der Waals surface area contributed by atoms with Crippen LogP contribution in [0.2, 0.25) is 0 Å². The quantitative estimate of drug-likeness (QED) is 0.928. The van der Waals surface area contributed by atoms with Crippen molar-refractivity contribution in [1.82, 2.24) is 4.90 Å². The van der Waals surface area contributed by atoms with Gasteiger partial charge in [0.1, 0.15) is 0 Å². The van der Waals surface area contributed by atoms with Crippen molar-refractivity contribution in [2.75, 3.05) is 13.1 Å². The van der Waals surface area contributed by atoms with Crippen molar-refractivity contribution in [2.45, 2.75) is 44.1 Å². The van der Waals surface area contributed by atoms with Gasteiger partial charge in [-0.15, -0.1) is 0 Å². The summed E-state index contributed by atoms with van der Waals surface area (Å²) < 4.78 is 0. The molecule has 1 aromatic rings. The third-order valence-corrected chi connectivity index (χ3v) is 4.98. The average Bonchev–Trinajstić information content (AvgIpc) is 3.10. The molecular weight excluding hydrogens is 262 g/mol. The highest BCUT2D eigenvalue weighted by molar-refractivity contribution is 5.87. The van der Waals surface area contributed by atoms with Crippen LogP contribution in [-0.4, -0.2) is 29.0 Å². The Morgan fingerprint density at radius 2 is 1.71 bits per heavy atom. The van der Waals surface area contributed by atoms with E-state index < -0.39 is 5.60 Å². The Morgan fingerprint density at radius 3 is 2.33 bits per heavy atom. The Kier molecular flexibility index (Phi) is 4.29. The number of carbonyl (C=O) groups excluding carboxylic acids is 1. The van der Waals surface area contributed by atoms with Gasteiger partial charge in [-0.1, -0.05) is 43.2 Å². The number of rotatable bonds is 3. The van der Waals surface area contributed by atoms with Crippen LogP contribution in [0.15, 0.2) is 30.3 Å². The second kappa shape index (κ2) is 6.18. The highest BCUT2D eigenvalue weighted by Gasteiger charge is 2.48. The Hall–Kier alpha value is -1.35. The van der Waals surface area contributed by atoms with E-state index in [1.807, 2.05) is 35.2 Å². The van der Waals surface area contributed by atoms with Crippen LogP contribution in [0, 0.1) is 12.3 Å². The van der Waals surface area contributed by atoms with E-state index in [1.165, 1.54) is 0 Å². The predicted molar refractivity (Wildman–Crippen MR) is 82.4 cm³/mol. The average molecular weight is 286 g/mol. The molecule has 1 aliphatic heterocycles. The SMILES string of the molecule is O=C(N1CC[CH]CC1)C(O)(c1ccccc1)C1CCCC1. The van der Waals surface area contributed by atoms with Crippen molar-refractivity contribution in [2.24, 2.45) is 5.92 Å². The fraction of sp³-hybridized carbons (Fsp3) is 0.556. The zero-order valence-corrected chi connectivity index (χ0v) is 12.5. The molecule has 113 valence electrons. The lowest BCUT2D eigenvalue weighted by Crippen LogP contribution is -2.52. The maximum Gasteiger partial charge on any atom is 0.259 e. The minimum absolute atomic E-state index is 0.0540. The highest BCUT2D eigenvalue weighted by atomic mass is 16.3. The number of carbonyl (C=O) groups is 1. The molecule has 0 spiro atoms. The van der Waals surface area contributed by atoms with Gasteiger partial charge < -0.3 is 10.0 Å². The lowest BCUT2D eigenvalue weighted by atomic mass is 9.78. The second-order valence-electron chi connectivity index (χ2n) is 6.27. The third kappa shape index (κ3) is 2.71. The van der Waals surface area contributed by atoms with Gasteiger partial charge in [-0.05, 0) is 37.7 Å². The van der Waals surface area contributed by atoms with Crippen LogP contribution in [0.4, 0.5) is 0 Å². The van der Waals surface area contributed by atoms with Gasteiger partial charge in [0.2, 0.25) is 0 Å². The molecule has 1 saturated carbocycles. The molecule has 3 heteroatoms. The molecule has 1 N–H and O–H groups in total. The van der Waals surface area contributed by atoms with Gasteiger partial charge in [0, 0.05) is 19.0 Å². The first-order valence-corrected chi connectivity index (χ1v) is 8.12. The first-order valence-electron chi connectivity index (χ1n) is 8.12. The number of benzene rings is 1. The third-order valence-electron chi connectivity index (χ3n) is 4.98. The topological polar surface area (TPSA) is 40.5 Å². The molecule has 2 fully saturated rings. The van der Waals surface area contributed by atoms with Crippen LogP contribution in [0.3, 0.4) is 0 Å². The van der Waals surface area contributed by atoms with Crippen molar-refractivity contribution in [3.63, 3.8) is 0 Å². The smallest absolute Gasteiger partial charge is 0.259 e. The van der Waals surface area contributed by atoms with Crippen molar-refractivity contribution in [3.8, 4) is 0 Å². The van der Waals surface area contributed by atoms with Crippen molar-refractivity contribution >= 4 is 5.91 Å². The molecule has 0 aromatic heterocycles. The molecule has 1 unspecified atom stereocenters. The summed E-state index contributed by atoms with van der Waals surface area (Å²) in [6, 6.07) is 9.54. The summed E-state index contributed by atoms with van der Waals surface area (Å²) in [7, 11) is 0. The molecule has 1 amide bonds.